The van der Waals surface area contributed by atoms with Crippen LogP contribution in [0.25, 0.3) is 0 Å². The van der Waals surface area contributed by atoms with Gasteiger partial charge in [0, 0.05) is 18.8 Å². The Morgan fingerprint density at radius 3 is 2.38 bits per heavy atom. The molecule has 7 heteroatoms. The number of carbonyl (C=O) groups excluding carboxylic acids is 2. The Hall–Kier alpha value is -3.74. The van der Waals surface area contributed by atoms with Crippen LogP contribution in [0, 0.1) is 6.92 Å². The van der Waals surface area contributed by atoms with E-state index in [9.17, 15) is 14.7 Å². The third-order valence-electron chi connectivity index (χ3n) is 5.76. The highest BCUT2D eigenvalue weighted by Gasteiger charge is 2.44. The lowest BCUT2D eigenvalue weighted by molar-refractivity contribution is -0.130. The molecule has 1 aliphatic heterocycles. The van der Waals surface area contributed by atoms with E-state index in [1.807, 2.05) is 24.3 Å². The van der Waals surface area contributed by atoms with E-state index in [1.54, 1.807) is 31.2 Å². The van der Waals surface area contributed by atoms with Crippen LogP contribution in [-0.2, 0) is 11.3 Å². The molecule has 1 amide bonds. The maximum Gasteiger partial charge on any atom is 0.290 e. The average molecular weight is 434 g/mol. The number of hydrogen-bond acceptors (Lipinski definition) is 6. The fraction of sp³-hybridized carbons (Fsp3) is 0.280. The number of aryl methyl sites for hydroxylation is 1. The summed E-state index contributed by atoms with van der Waals surface area (Å²) in [6.45, 7) is 7.75. The maximum absolute atomic E-state index is 13.3. The number of hydrogen-bond donors (Lipinski definition) is 1. The second-order valence-electron chi connectivity index (χ2n) is 7.68. The Morgan fingerprint density at radius 2 is 1.81 bits per heavy atom. The molecule has 0 radical (unpaired) electrons. The molecule has 3 heterocycles. The standard InChI is InChI=1S/C25H26N2O5/c1-4-26(5-2)18-11-9-17(10-12-18)22-21(23(28)20-13-8-16(3)32-20)24(29)25(30)27(22)15-19-7-6-14-31-19/h6-14,22,29H,4-5,15H2,1-3H3. The smallest absolute Gasteiger partial charge is 0.290 e. The first-order chi connectivity index (χ1) is 15.4. The Morgan fingerprint density at radius 1 is 1.09 bits per heavy atom. The van der Waals surface area contributed by atoms with Crippen molar-refractivity contribution in [1.82, 2.24) is 4.90 Å². The topological polar surface area (TPSA) is 87.1 Å². The quantitative estimate of drug-likeness (QED) is 0.512. The molecule has 4 rings (SSSR count). The van der Waals surface area contributed by atoms with Gasteiger partial charge >= 0.3 is 0 Å². The molecule has 1 aliphatic rings. The molecule has 1 unspecified atom stereocenters. The number of aliphatic hydroxyl groups excluding tert-OH is 1. The van der Waals surface area contributed by atoms with Crippen LogP contribution in [0.1, 0.15) is 47.5 Å². The van der Waals surface area contributed by atoms with Gasteiger partial charge < -0.3 is 23.7 Å². The number of carbonyl (C=O) groups is 2. The molecule has 7 nitrogen and oxygen atoms in total. The van der Waals surface area contributed by atoms with Gasteiger partial charge in [0.1, 0.15) is 11.5 Å². The number of Topliss-reactive ketones (excluding diaryl/α,β-unsaturated/α-hetero) is 1. The fourth-order valence-electron chi connectivity index (χ4n) is 4.11. The highest BCUT2D eigenvalue weighted by atomic mass is 16.3. The molecule has 1 atom stereocenters. The van der Waals surface area contributed by atoms with Crippen LogP contribution >= 0.6 is 0 Å². The van der Waals surface area contributed by atoms with Gasteiger partial charge in [-0.3, -0.25) is 9.59 Å². The normalized spacial score (nSPS) is 16.2. The summed E-state index contributed by atoms with van der Waals surface area (Å²) in [6.07, 6.45) is 1.52. The molecule has 0 fully saturated rings. The number of benzene rings is 1. The molecule has 166 valence electrons. The van der Waals surface area contributed by atoms with E-state index in [2.05, 4.69) is 18.7 Å². The van der Waals surface area contributed by atoms with E-state index in [0.717, 1.165) is 24.3 Å². The van der Waals surface area contributed by atoms with E-state index in [0.29, 0.717) is 11.5 Å². The van der Waals surface area contributed by atoms with Crippen molar-refractivity contribution in [3.05, 3.63) is 89.0 Å². The molecule has 2 aromatic heterocycles. The van der Waals surface area contributed by atoms with Gasteiger partial charge in [-0.05, 0) is 62.7 Å². The summed E-state index contributed by atoms with van der Waals surface area (Å²) < 4.78 is 10.9. The van der Waals surface area contributed by atoms with Crippen molar-refractivity contribution in [2.75, 3.05) is 18.0 Å². The van der Waals surface area contributed by atoms with Gasteiger partial charge in [0.05, 0.1) is 24.4 Å². The SMILES string of the molecule is CCN(CC)c1ccc(C2C(C(=O)c3ccc(C)o3)=C(O)C(=O)N2Cc2ccco2)cc1. The second-order valence-corrected chi connectivity index (χ2v) is 7.68. The van der Waals surface area contributed by atoms with E-state index in [1.165, 1.54) is 11.2 Å². The summed E-state index contributed by atoms with van der Waals surface area (Å²) in [4.78, 5) is 30.0. The molecular formula is C25H26N2O5. The van der Waals surface area contributed by atoms with E-state index in [-0.39, 0.29) is 17.9 Å². The third kappa shape index (κ3) is 3.82. The van der Waals surface area contributed by atoms with Crippen LogP contribution in [0.2, 0.25) is 0 Å². The summed E-state index contributed by atoms with van der Waals surface area (Å²) in [5.74, 6) is -0.478. The average Bonchev–Trinajstić information content (AvgIpc) is 3.52. The van der Waals surface area contributed by atoms with Crippen LogP contribution in [0.3, 0.4) is 0 Å². The fourth-order valence-corrected chi connectivity index (χ4v) is 4.11. The monoisotopic (exact) mass is 434 g/mol. The molecule has 1 aromatic carbocycles. The van der Waals surface area contributed by atoms with Crippen LogP contribution in [0.4, 0.5) is 5.69 Å². The minimum atomic E-state index is -0.767. The lowest BCUT2D eigenvalue weighted by Gasteiger charge is -2.27. The Labute approximate surface area is 186 Å². The van der Waals surface area contributed by atoms with Gasteiger partial charge in [0.25, 0.3) is 5.91 Å². The first-order valence-electron chi connectivity index (χ1n) is 10.7. The van der Waals surface area contributed by atoms with Crippen molar-refractivity contribution in [3.8, 4) is 0 Å². The summed E-state index contributed by atoms with van der Waals surface area (Å²) in [7, 11) is 0. The highest BCUT2D eigenvalue weighted by Crippen LogP contribution is 2.40. The summed E-state index contributed by atoms with van der Waals surface area (Å²) in [5, 5.41) is 10.7. The first-order valence-corrected chi connectivity index (χ1v) is 10.7. The van der Waals surface area contributed by atoms with Gasteiger partial charge in [-0.2, -0.15) is 0 Å². The zero-order chi connectivity index (χ0) is 22.8. The predicted octanol–water partition coefficient (Wildman–Crippen LogP) is 4.81. The number of rotatable bonds is 8. The van der Waals surface area contributed by atoms with Crippen LogP contribution < -0.4 is 4.90 Å². The van der Waals surface area contributed by atoms with E-state index in [4.69, 9.17) is 8.83 Å². The predicted molar refractivity (Wildman–Crippen MR) is 119 cm³/mol. The molecule has 1 N–H and O–H groups in total. The number of aliphatic hydroxyl groups is 1. The van der Waals surface area contributed by atoms with Gasteiger partial charge in [-0.25, -0.2) is 0 Å². The van der Waals surface area contributed by atoms with Gasteiger partial charge in [-0.1, -0.05) is 12.1 Å². The lowest BCUT2D eigenvalue weighted by atomic mass is 9.94. The number of anilines is 1. The Bertz CT molecular complexity index is 1140. The number of amides is 1. The Balaban J connectivity index is 1.76. The molecular weight excluding hydrogens is 408 g/mol. The minimum Gasteiger partial charge on any atom is -0.503 e. The molecule has 0 bridgehead atoms. The lowest BCUT2D eigenvalue weighted by Crippen LogP contribution is -2.30. The van der Waals surface area contributed by atoms with Crippen molar-refractivity contribution >= 4 is 17.4 Å². The molecule has 0 saturated carbocycles. The second kappa shape index (κ2) is 8.78. The van der Waals surface area contributed by atoms with Crippen LogP contribution in [0.5, 0.6) is 0 Å². The van der Waals surface area contributed by atoms with Crippen molar-refractivity contribution in [2.24, 2.45) is 0 Å². The minimum absolute atomic E-state index is 0.00601. The largest absolute Gasteiger partial charge is 0.503 e. The maximum atomic E-state index is 13.3. The Kier molecular flexibility index (Phi) is 5.90. The van der Waals surface area contributed by atoms with E-state index >= 15 is 0 Å². The molecule has 3 aromatic rings. The zero-order valence-electron chi connectivity index (χ0n) is 18.4. The molecule has 32 heavy (non-hydrogen) atoms. The van der Waals surface area contributed by atoms with Crippen molar-refractivity contribution in [2.45, 2.75) is 33.4 Å². The molecule has 0 saturated heterocycles. The van der Waals surface area contributed by atoms with Crippen LogP contribution in [-0.4, -0.2) is 34.8 Å². The summed E-state index contributed by atoms with van der Waals surface area (Å²) in [5.41, 5.74) is 1.77. The number of furan rings is 2. The third-order valence-corrected chi connectivity index (χ3v) is 5.76. The highest BCUT2D eigenvalue weighted by molar-refractivity contribution is 6.15. The molecule has 0 spiro atoms. The van der Waals surface area contributed by atoms with Crippen molar-refractivity contribution in [3.63, 3.8) is 0 Å². The zero-order valence-corrected chi connectivity index (χ0v) is 18.4. The van der Waals surface area contributed by atoms with Gasteiger partial charge in [0.15, 0.2) is 11.5 Å². The molecule has 0 aliphatic carbocycles. The number of ketones is 1. The van der Waals surface area contributed by atoms with Crippen molar-refractivity contribution in [1.29, 1.82) is 0 Å². The summed E-state index contributed by atoms with van der Waals surface area (Å²) >= 11 is 0. The van der Waals surface area contributed by atoms with E-state index < -0.39 is 23.5 Å². The van der Waals surface area contributed by atoms with Crippen LogP contribution in [0.15, 0.2) is 75.0 Å². The van der Waals surface area contributed by atoms with Gasteiger partial charge in [-0.15, -0.1) is 0 Å². The summed E-state index contributed by atoms with van der Waals surface area (Å²) in [6, 6.07) is 13.7. The van der Waals surface area contributed by atoms with Crippen molar-refractivity contribution < 1.29 is 23.5 Å². The number of nitrogens with zero attached hydrogens (tertiary/aromatic N) is 2. The first kappa shape index (κ1) is 21.5. The van der Waals surface area contributed by atoms with Gasteiger partial charge in [0.2, 0.25) is 5.78 Å².